The SMILES string of the molecule is CC(C)(C)OC(=O)N1CCC=C(c2nsc3c(F)c(F)ccc23)C1. The molecule has 24 heavy (non-hydrogen) atoms. The molecule has 0 saturated heterocycles. The molecule has 1 aliphatic heterocycles. The number of hydrogen-bond acceptors (Lipinski definition) is 4. The Morgan fingerprint density at radius 3 is 2.79 bits per heavy atom. The zero-order chi connectivity index (χ0) is 17.5. The number of ether oxygens (including phenoxy) is 1. The fourth-order valence-electron chi connectivity index (χ4n) is 2.58. The molecular weight excluding hydrogens is 334 g/mol. The summed E-state index contributed by atoms with van der Waals surface area (Å²) in [6.45, 7) is 6.35. The topological polar surface area (TPSA) is 42.4 Å². The van der Waals surface area contributed by atoms with Gasteiger partial charge in [0, 0.05) is 11.9 Å². The van der Waals surface area contributed by atoms with Gasteiger partial charge in [-0.05, 0) is 56.4 Å². The van der Waals surface area contributed by atoms with Gasteiger partial charge in [-0.1, -0.05) is 6.08 Å². The van der Waals surface area contributed by atoms with Crippen molar-refractivity contribution in [2.75, 3.05) is 13.1 Å². The highest BCUT2D eigenvalue weighted by Gasteiger charge is 2.26. The second kappa shape index (κ2) is 6.12. The zero-order valence-corrected chi connectivity index (χ0v) is 14.5. The van der Waals surface area contributed by atoms with Gasteiger partial charge in [-0.25, -0.2) is 13.6 Å². The summed E-state index contributed by atoms with van der Waals surface area (Å²) in [5.74, 6) is -1.76. The Morgan fingerprint density at radius 1 is 1.33 bits per heavy atom. The van der Waals surface area contributed by atoms with Gasteiger partial charge in [-0.15, -0.1) is 0 Å². The van der Waals surface area contributed by atoms with Crippen molar-refractivity contribution in [3.63, 3.8) is 0 Å². The van der Waals surface area contributed by atoms with E-state index in [1.807, 2.05) is 26.8 Å². The quantitative estimate of drug-likeness (QED) is 0.753. The van der Waals surface area contributed by atoms with Gasteiger partial charge in [-0.2, -0.15) is 4.37 Å². The van der Waals surface area contributed by atoms with Crippen molar-refractivity contribution in [2.45, 2.75) is 32.8 Å². The number of rotatable bonds is 1. The number of halogens is 2. The van der Waals surface area contributed by atoms with Crippen LogP contribution in [-0.2, 0) is 4.74 Å². The molecule has 1 amide bonds. The minimum Gasteiger partial charge on any atom is -0.444 e. The number of carbonyl (C=O) groups is 1. The lowest BCUT2D eigenvalue weighted by molar-refractivity contribution is 0.0273. The molecule has 0 saturated carbocycles. The lowest BCUT2D eigenvalue weighted by Crippen LogP contribution is -2.39. The maximum atomic E-state index is 13.9. The minimum atomic E-state index is -0.884. The van der Waals surface area contributed by atoms with Crippen LogP contribution in [0.5, 0.6) is 0 Å². The molecule has 3 rings (SSSR count). The second-order valence-electron chi connectivity index (χ2n) is 6.69. The molecule has 0 radical (unpaired) electrons. The van der Waals surface area contributed by atoms with E-state index in [4.69, 9.17) is 4.74 Å². The number of nitrogens with zero attached hydrogens (tertiary/aromatic N) is 2. The summed E-state index contributed by atoms with van der Waals surface area (Å²) in [6.07, 6.45) is 2.26. The molecule has 0 unspecified atom stereocenters. The van der Waals surface area contributed by atoms with Crippen LogP contribution in [0.4, 0.5) is 13.6 Å². The van der Waals surface area contributed by atoms with Gasteiger partial charge in [0.1, 0.15) is 5.60 Å². The number of amides is 1. The molecule has 128 valence electrons. The van der Waals surface area contributed by atoms with Gasteiger partial charge in [-0.3, -0.25) is 0 Å². The number of aromatic nitrogens is 1. The van der Waals surface area contributed by atoms with Crippen molar-refractivity contribution >= 4 is 33.3 Å². The van der Waals surface area contributed by atoms with Gasteiger partial charge in [0.2, 0.25) is 0 Å². The predicted octanol–water partition coefficient (Wildman–Crippen LogP) is 4.60. The molecule has 0 atom stereocenters. The van der Waals surface area contributed by atoms with E-state index in [9.17, 15) is 13.6 Å². The van der Waals surface area contributed by atoms with E-state index in [1.165, 1.54) is 6.07 Å². The normalized spacial score (nSPS) is 15.5. The number of hydrogen-bond donors (Lipinski definition) is 0. The van der Waals surface area contributed by atoms with Crippen LogP contribution in [0.15, 0.2) is 18.2 Å². The molecule has 1 aromatic carbocycles. The average Bonchev–Trinajstić information content (AvgIpc) is 2.94. The largest absolute Gasteiger partial charge is 0.444 e. The summed E-state index contributed by atoms with van der Waals surface area (Å²) in [5.41, 5.74) is 0.860. The molecule has 0 N–H and O–H groups in total. The van der Waals surface area contributed by atoms with Crippen molar-refractivity contribution in [3.05, 3.63) is 35.5 Å². The molecular formula is C17H18F2N2O2S. The number of benzene rings is 1. The summed E-state index contributed by atoms with van der Waals surface area (Å²) < 4.78 is 37.1. The Morgan fingerprint density at radius 2 is 2.08 bits per heavy atom. The third kappa shape index (κ3) is 3.26. The van der Waals surface area contributed by atoms with Crippen molar-refractivity contribution in [2.24, 2.45) is 0 Å². The molecule has 2 heterocycles. The van der Waals surface area contributed by atoms with Crippen LogP contribution in [-0.4, -0.2) is 34.1 Å². The zero-order valence-electron chi connectivity index (χ0n) is 13.7. The average molecular weight is 352 g/mol. The van der Waals surface area contributed by atoms with E-state index in [0.717, 1.165) is 23.2 Å². The van der Waals surface area contributed by atoms with Crippen LogP contribution in [0, 0.1) is 11.6 Å². The maximum Gasteiger partial charge on any atom is 0.410 e. The van der Waals surface area contributed by atoms with Gasteiger partial charge in [0.25, 0.3) is 0 Å². The smallest absolute Gasteiger partial charge is 0.410 e. The van der Waals surface area contributed by atoms with Crippen LogP contribution < -0.4 is 0 Å². The summed E-state index contributed by atoms with van der Waals surface area (Å²) >= 11 is 0.927. The van der Waals surface area contributed by atoms with Crippen LogP contribution in [0.1, 0.15) is 32.9 Å². The third-order valence-corrected chi connectivity index (χ3v) is 4.50. The fourth-order valence-corrected chi connectivity index (χ4v) is 3.42. The summed E-state index contributed by atoms with van der Waals surface area (Å²) in [4.78, 5) is 13.8. The fraction of sp³-hybridized carbons (Fsp3) is 0.412. The molecule has 0 spiro atoms. The summed E-state index contributed by atoms with van der Waals surface area (Å²) in [7, 11) is 0. The Bertz CT molecular complexity index is 824. The van der Waals surface area contributed by atoms with E-state index >= 15 is 0 Å². The Labute approximate surface area is 142 Å². The molecule has 7 heteroatoms. The summed E-state index contributed by atoms with van der Waals surface area (Å²) in [6, 6.07) is 2.63. The highest BCUT2D eigenvalue weighted by Crippen LogP contribution is 2.32. The van der Waals surface area contributed by atoms with E-state index < -0.39 is 17.2 Å². The lowest BCUT2D eigenvalue weighted by Gasteiger charge is -2.30. The van der Waals surface area contributed by atoms with Crippen LogP contribution in [0.2, 0.25) is 0 Å². The van der Waals surface area contributed by atoms with Gasteiger partial charge in [0.15, 0.2) is 11.6 Å². The Hall–Kier alpha value is -2.02. The molecule has 4 nitrogen and oxygen atoms in total. The molecule has 1 aromatic heterocycles. The van der Waals surface area contributed by atoms with Crippen molar-refractivity contribution < 1.29 is 18.3 Å². The highest BCUT2D eigenvalue weighted by molar-refractivity contribution is 7.13. The first-order valence-electron chi connectivity index (χ1n) is 7.67. The predicted molar refractivity (Wildman–Crippen MR) is 89.9 cm³/mol. The first-order chi connectivity index (χ1) is 11.3. The van der Waals surface area contributed by atoms with Crippen LogP contribution in [0.3, 0.4) is 0 Å². The van der Waals surface area contributed by atoms with E-state index in [1.54, 1.807) is 4.90 Å². The molecule has 2 aromatic rings. The van der Waals surface area contributed by atoms with Gasteiger partial charge >= 0.3 is 6.09 Å². The third-order valence-electron chi connectivity index (χ3n) is 3.64. The number of carbonyl (C=O) groups excluding carboxylic acids is 1. The standard InChI is InChI=1S/C17H18F2N2O2S/c1-17(2,3)23-16(22)21-8-4-5-10(9-21)14-11-6-7-12(18)13(19)15(11)24-20-14/h5-7H,4,8-9H2,1-3H3. The Balaban J connectivity index is 1.87. The van der Waals surface area contributed by atoms with E-state index in [0.29, 0.717) is 30.6 Å². The van der Waals surface area contributed by atoms with Crippen LogP contribution >= 0.6 is 11.5 Å². The van der Waals surface area contributed by atoms with Crippen molar-refractivity contribution in [3.8, 4) is 0 Å². The van der Waals surface area contributed by atoms with Crippen LogP contribution in [0.25, 0.3) is 15.7 Å². The van der Waals surface area contributed by atoms with E-state index in [-0.39, 0.29) is 10.8 Å². The van der Waals surface area contributed by atoms with E-state index in [2.05, 4.69) is 4.37 Å². The first kappa shape index (κ1) is 16.8. The molecule has 0 fully saturated rings. The first-order valence-corrected chi connectivity index (χ1v) is 8.44. The van der Waals surface area contributed by atoms with Crippen molar-refractivity contribution in [1.82, 2.24) is 9.27 Å². The lowest BCUT2D eigenvalue weighted by atomic mass is 10.0. The molecule has 1 aliphatic rings. The molecule has 0 aliphatic carbocycles. The monoisotopic (exact) mass is 352 g/mol. The highest BCUT2D eigenvalue weighted by atomic mass is 32.1. The second-order valence-corrected chi connectivity index (χ2v) is 7.46. The van der Waals surface area contributed by atoms with Gasteiger partial charge in [0.05, 0.1) is 16.9 Å². The number of fused-ring (bicyclic) bond motifs is 1. The molecule has 0 bridgehead atoms. The van der Waals surface area contributed by atoms with Gasteiger partial charge < -0.3 is 9.64 Å². The Kier molecular flexibility index (Phi) is 4.29. The minimum absolute atomic E-state index is 0.195. The summed E-state index contributed by atoms with van der Waals surface area (Å²) in [5, 5.41) is 0.566. The van der Waals surface area contributed by atoms with Crippen molar-refractivity contribution in [1.29, 1.82) is 0 Å². The maximum absolute atomic E-state index is 13.9.